The summed E-state index contributed by atoms with van der Waals surface area (Å²) in [4.78, 5) is 26.1. The molecule has 0 aromatic heterocycles. The quantitative estimate of drug-likeness (QED) is 0.740. The van der Waals surface area contributed by atoms with Crippen LogP contribution in [0.4, 0.5) is 5.69 Å². The van der Waals surface area contributed by atoms with Crippen LogP contribution >= 0.6 is 0 Å². The molecular formula is C21H31N3O4S. The summed E-state index contributed by atoms with van der Waals surface area (Å²) in [5, 5.41) is 2.99. The fraction of sp³-hybridized carbons (Fsp3) is 0.619. The minimum atomic E-state index is -3.79. The molecule has 0 spiro atoms. The van der Waals surface area contributed by atoms with Crippen molar-refractivity contribution in [3.05, 3.63) is 23.8 Å². The molecule has 0 bridgehead atoms. The molecule has 3 rings (SSSR count). The van der Waals surface area contributed by atoms with E-state index in [1.165, 1.54) is 32.9 Å². The van der Waals surface area contributed by atoms with Gasteiger partial charge in [0.2, 0.25) is 21.8 Å². The van der Waals surface area contributed by atoms with Crippen molar-refractivity contribution < 1.29 is 18.0 Å². The van der Waals surface area contributed by atoms with E-state index in [0.717, 1.165) is 41.2 Å². The topological polar surface area (TPSA) is 86.8 Å². The maximum Gasteiger partial charge on any atom is 0.243 e. The smallest absolute Gasteiger partial charge is 0.243 e. The van der Waals surface area contributed by atoms with Crippen LogP contribution in [0.1, 0.15) is 57.9 Å². The number of anilines is 1. The molecule has 1 saturated carbocycles. The molecule has 1 aliphatic carbocycles. The van der Waals surface area contributed by atoms with Gasteiger partial charge in [-0.2, -0.15) is 4.31 Å². The van der Waals surface area contributed by atoms with E-state index >= 15 is 0 Å². The molecule has 1 heterocycles. The second-order valence-electron chi connectivity index (χ2n) is 8.25. The number of likely N-dealkylation sites (N-methyl/N-ethyl adjacent to an activating group) is 1. The molecular weight excluding hydrogens is 390 g/mol. The van der Waals surface area contributed by atoms with Gasteiger partial charge >= 0.3 is 0 Å². The Hall–Kier alpha value is -1.93. The minimum absolute atomic E-state index is 0.00327. The van der Waals surface area contributed by atoms with Crippen molar-refractivity contribution in [1.29, 1.82) is 0 Å². The Morgan fingerprint density at radius 2 is 1.83 bits per heavy atom. The highest BCUT2D eigenvalue weighted by Gasteiger charge is 2.31. The number of hydrogen-bond acceptors (Lipinski definition) is 4. The third-order valence-electron chi connectivity index (χ3n) is 5.90. The fourth-order valence-electron chi connectivity index (χ4n) is 4.41. The van der Waals surface area contributed by atoms with Crippen molar-refractivity contribution in [2.75, 3.05) is 18.5 Å². The highest BCUT2D eigenvalue weighted by Crippen LogP contribution is 2.34. The minimum Gasteiger partial charge on any atom is -0.352 e. The van der Waals surface area contributed by atoms with Crippen molar-refractivity contribution in [3.63, 3.8) is 0 Å². The van der Waals surface area contributed by atoms with Crippen LogP contribution in [-0.4, -0.2) is 50.2 Å². The van der Waals surface area contributed by atoms with Crippen LogP contribution in [-0.2, 0) is 26.0 Å². The number of hydrogen-bond donors (Lipinski definition) is 1. The zero-order valence-electron chi connectivity index (χ0n) is 17.5. The van der Waals surface area contributed by atoms with Crippen molar-refractivity contribution in [2.24, 2.45) is 0 Å². The van der Waals surface area contributed by atoms with Crippen molar-refractivity contribution in [1.82, 2.24) is 9.62 Å². The lowest BCUT2D eigenvalue weighted by Gasteiger charge is -2.22. The van der Waals surface area contributed by atoms with Crippen LogP contribution in [0.2, 0.25) is 0 Å². The van der Waals surface area contributed by atoms with Gasteiger partial charge in [-0.3, -0.25) is 9.59 Å². The number of fused-ring (bicyclic) bond motifs is 1. The largest absolute Gasteiger partial charge is 0.352 e. The average Bonchev–Trinajstić information content (AvgIpc) is 2.79. The molecule has 1 aromatic rings. The number of carbonyl (C=O) groups is 2. The molecule has 2 amide bonds. The van der Waals surface area contributed by atoms with Gasteiger partial charge in [0.05, 0.1) is 11.4 Å². The van der Waals surface area contributed by atoms with E-state index in [-0.39, 0.29) is 35.3 Å². The monoisotopic (exact) mass is 421 g/mol. The molecule has 1 atom stereocenters. The third-order valence-corrected chi connectivity index (χ3v) is 7.70. The zero-order chi connectivity index (χ0) is 21.2. The van der Waals surface area contributed by atoms with E-state index in [1.807, 2.05) is 6.92 Å². The lowest BCUT2D eigenvalue weighted by Crippen LogP contribution is -2.42. The van der Waals surface area contributed by atoms with Gasteiger partial charge in [0.1, 0.15) is 0 Å². The summed E-state index contributed by atoms with van der Waals surface area (Å²) < 4.78 is 27.1. The molecule has 2 aliphatic rings. The molecule has 160 valence electrons. The predicted octanol–water partition coefficient (Wildman–Crippen LogP) is 2.44. The number of benzene rings is 1. The number of rotatable bonds is 5. The van der Waals surface area contributed by atoms with E-state index in [9.17, 15) is 18.0 Å². The van der Waals surface area contributed by atoms with Gasteiger partial charge < -0.3 is 10.2 Å². The second kappa shape index (κ2) is 8.83. The molecule has 29 heavy (non-hydrogen) atoms. The average molecular weight is 422 g/mol. The van der Waals surface area contributed by atoms with E-state index < -0.39 is 10.0 Å². The van der Waals surface area contributed by atoms with E-state index in [2.05, 4.69) is 5.32 Å². The first-order chi connectivity index (χ1) is 13.7. The lowest BCUT2D eigenvalue weighted by molar-refractivity contribution is -0.122. The third kappa shape index (κ3) is 4.80. The van der Waals surface area contributed by atoms with Crippen LogP contribution in [0.5, 0.6) is 0 Å². The zero-order valence-corrected chi connectivity index (χ0v) is 18.3. The maximum atomic E-state index is 13.0. The number of amides is 2. The number of sulfonamides is 1. The van der Waals surface area contributed by atoms with E-state index in [0.29, 0.717) is 6.42 Å². The van der Waals surface area contributed by atoms with Crippen LogP contribution < -0.4 is 10.2 Å². The van der Waals surface area contributed by atoms with Crippen LogP contribution in [0.15, 0.2) is 23.1 Å². The lowest BCUT2D eigenvalue weighted by atomic mass is 10.1. The molecule has 8 heteroatoms. The van der Waals surface area contributed by atoms with Gasteiger partial charge in [-0.05, 0) is 49.9 Å². The van der Waals surface area contributed by atoms with E-state index in [1.54, 1.807) is 17.0 Å². The van der Waals surface area contributed by atoms with Crippen LogP contribution in [0.25, 0.3) is 0 Å². The summed E-state index contributed by atoms with van der Waals surface area (Å²) in [6.07, 6.45) is 7.12. The standard InChI is InChI=1S/C21H31N3O4S/c1-15-12-17-13-19(10-11-20(17)24(15)16(2)25)29(27,28)23(3)14-21(26)22-18-8-6-4-5-7-9-18/h10-11,13,15,18H,4-9,12,14H2,1-3H3,(H,22,26)/t15-/m1/s1. The first kappa shape index (κ1) is 21.8. The summed E-state index contributed by atoms with van der Waals surface area (Å²) >= 11 is 0. The van der Waals surface area contributed by atoms with Gasteiger partial charge in [0, 0.05) is 31.7 Å². The Morgan fingerprint density at radius 3 is 2.45 bits per heavy atom. The summed E-state index contributed by atoms with van der Waals surface area (Å²) in [5.41, 5.74) is 1.60. The summed E-state index contributed by atoms with van der Waals surface area (Å²) in [6.45, 7) is 3.25. The SMILES string of the molecule is CC(=O)N1c2ccc(S(=O)(=O)N(C)CC(=O)NC3CCCCCC3)cc2C[C@H]1C. The fourth-order valence-corrected chi connectivity index (χ4v) is 5.59. The Balaban J connectivity index is 1.69. The number of nitrogens with one attached hydrogen (secondary N) is 1. The maximum absolute atomic E-state index is 13.0. The van der Waals surface area contributed by atoms with Crippen molar-refractivity contribution in [3.8, 4) is 0 Å². The first-order valence-electron chi connectivity index (χ1n) is 10.4. The van der Waals surface area contributed by atoms with E-state index in [4.69, 9.17) is 0 Å². The van der Waals surface area contributed by atoms with Crippen LogP contribution in [0.3, 0.4) is 0 Å². The molecule has 1 fully saturated rings. The molecule has 1 aromatic carbocycles. The molecule has 1 N–H and O–H groups in total. The highest BCUT2D eigenvalue weighted by molar-refractivity contribution is 7.89. The Bertz CT molecular complexity index is 876. The molecule has 1 aliphatic heterocycles. The van der Waals surface area contributed by atoms with Gasteiger partial charge in [-0.25, -0.2) is 8.42 Å². The Morgan fingerprint density at radius 1 is 1.17 bits per heavy atom. The Kier molecular flexibility index (Phi) is 6.63. The van der Waals surface area contributed by atoms with Gasteiger partial charge in [0.25, 0.3) is 0 Å². The predicted molar refractivity (Wildman–Crippen MR) is 112 cm³/mol. The van der Waals surface area contributed by atoms with Crippen molar-refractivity contribution in [2.45, 2.75) is 75.8 Å². The molecule has 0 radical (unpaired) electrons. The normalized spacial score (nSPS) is 20.4. The number of nitrogens with zero attached hydrogens (tertiary/aromatic N) is 2. The Labute approximate surface area is 173 Å². The van der Waals surface area contributed by atoms with Crippen molar-refractivity contribution >= 4 is 27.5 Å². The molecule has 7 nitrogen and oxygen atoms in total. The molecule has 0 unspecified atom stereocenters. The molecule has 0 saturated heterocycles. The first-order valence-corrected chi connectivity index (χ1v) is 11.8. The van der Waals surface area contributed by atoms with Gasteiger partial charge in [-0.15, -0.1) is 0 Å². The van der Waals surface area contributed by atoms with Crippen LogP contribution in [0, 0.1) is 0 Å². The highest BCUT2D eigenvalue weighted by atomic mass is 32.2. The summed E-state index contributed by atoms with van der Waals surface area (Å²) in [5.74, 6) is -0.320. The number of carbonyl (C=O) groups excluding carboxylic acids is 2. The van der Waals surface area contributed by atoms with Gasteiger partial charge in [-0.1, -0.05) is 25.7 Å². The summed E-state index contributed by atoms with van der Waals surface area (Å²) in [7, 11) is -2.36. The van der Waals surface area contributed by atoms with Gasteiger partial charge in [0.15, 0.2) is 0 Å². The second-order valence-corrected chi connectivity index (χ2v) is 10.3. The summed E-state index contributed by atoms with van der Waals surface area (Å²) in [6, 6.07) is 4.97.